The first-order valence-corrected chi connectivity index (χ1v) is 11.7. The smallest absolute Gasteiger partial charge is 0.306 e. The van der Waals surface area contributed by atoms with Crippen LogP contribution in [0.4, 0.5) is 10.2 Å². The number of nitrogens with zero attached hydrogens (tertiary/aromatic N) is 6. The minimum Gasteiger partial charge on any atom is -0.481 e. The van der Waals surface area contributed by atoms with E-state index in [9.17, 15) is 9.90 Å². The van der Waals surface area contributed by atoms with Crippen molar-refractivity contribution in [3.05, 3.63) is 60.8 Å². The Bertz CT molecular complexity index is 1610. The molecule has 36 heavy (non-hydrogen) atoms. The van der Waals surface area contributed by atoms with Gasteiger partial charge in [-0.3, -0.25) is 9.78 Å². The third-order valence-electron chi connectivity index (χ3n) is 6.89. The molecule has 0 bridgehead atoms. The second-order valence-corrected chi connectivity index (χ2v) is 9.00. The molecule has 5 aromatic rings. The highest BCUT2D eigenvalue weighted by Gasteiger charge is 2.30. The summed E-state index contributed by atoms with van der Waals surface area (Å²) in [7, 11) is 0. The van der Waals surface area contributed by atoms with E-state index in [0.717, 1.165) is 0 Å². The molecule has 180 valence electrons. The average molecular weight is 484 g/mol. The van der Waals surface area contributed by atoms with Crippen molar-refractivity contribution in [1.82, 2.24) is 29.7 Å². The number of halogens is 1. The summed E-state index contributed by atoms with van der Waals surface area (Å²) in [5, 5.41) is 15.2. The second kappa shape index (κ2) is 8.63. The normalized spacial score (nSPS) is 18.0. The molecule has 10 heteroatoms. The van der Waals surface area contributed by atoms with Crippen LogP contribution < -0.4 is 5.73 Å². The predicted octanol–water partition coefficient (Wildman–Crippen LogP) is 4.64. The van der Waals surface area contributed by atoms with E-state index in [4.69, 9.17) is 10.8 Å². The van der Waals surface area contributed by atoms with E-state index in [1.165, 1.54) is 6.33 Å². The first-order chi connectivity index (χ1) is 17.5. The number of anilines is 1. The van der Waals surface area contributed by atoms with Gasteiger partial charge in [0.15, 0.2) is 11.5 Å². The van der Waals surface area contributed by atoms with Crippen LogP contribution in [0.1, 0.15) is 31.7 Å². The Hall–Kier alpha value is -4.47. The van der Waals surface area contributed by atoms with Crippen LogP contribution in [0.3, 0.4) is 0 Å². The Morgan fingerprint density at radius 1 is 1.00 bits per heavy atom. The number of rotatable bonds is 4. The Morgan fingerprint density at radius 3 is 2.56 bits per heavy atom. The Kier molecular flexibility index (Phi) is 5.28. The SMILES string of the molecule is Nc1ncnc2c1c(-c1ccc3ccc(-c4ccccn4)nc3c1F)nn2C1CCC(C(=O)O)CC1. The van der Waals surface area contributed by atoms with Crippen molar-refractivity contribution in [2.24, 2.45) is 5.92 Å². The quantitative estimate of drug-likeness (QED) is 0.378. The zero-order valence-corrected chi connectivity index (χ0v) is 19.2. The largest absolute Gasteiger partial charge is 0.481 e. The molecule has 0 spiro atoms. The van der Waals surface area contributed by atoms with Gasteiger partial charge in [-0.2, -0.15) is 5.10 Å². The van der Waals surface area contributed by atoms with Crippen LogP contribution in [-0.4, -0.2) is 40.8 Å². The van der Waals surface area contributed by atoms with Gasteiger partial charge in [0.05, 0.1) is 28.7 Å². The number of carboxylic acids is 1. The molecule has 1 aliphatic carbocycles. The van der Waals surface area contributed by atoms with Gasteiger partial charge < -0.3 is 10.8 Å². The summed E-state index contributed by atoms with van der Waals surface area (Å²) in [6.45, 7) is 0. The Morgan fingerprint density at radius 2 is 1.81 bits per heavy atom. The van der Waals surface area contributed by atoms with Crippen molar-refractivity contribution < 1.29 is 14.3 Å². The molecular formula is C26H22FN7O2. The van der Waals surface area contributed by atoms with Crippen LogP contribution in [0.25, 0.3) is 44.6 Å². The van der Waals surface area contributed by atoms with E-state index in [0.29, 0.717) is 59.2 Å². The first-order valence-electron chi connectivity index (χ1n) is 11.7. The van der Waals surface area contributed by atoms with Crippen LogP contribution >= 0.6 is 0 Å². The summed E-state index contributed by atoms with van der Waals surface area (Å²) in [5.41, 5.74) is 8.74. The number of aromatic nitrogens is 6. The molecule has 3 N–H and O–H groups in total. The van der Waals surface area contributed by atoms with Gasteiger partial charge in [-0.15, -0.1) is 0 Å². The van der Waals surface area contributed by atoms with Crippen LogP contribution in [0.2, 0.25) is 0 Å². The van der Waals surface area contributed by atoms with E-state index in [-0.39, 0.29) is 28.9 Å². The number of carbonyl (C=O) groups is 1. The topological polar surface area (TPSA) is 133 Å². The van der Waals surface area contributed by atoms with E-state index in [1.807, 2.05) is 30.3 Å². The lowest BCUT2D eigenvalue weighted by atomic mass is 9.86. The van der Waals surface area contributed by atoms with Gasteiger partial charge in [-0.1, -0.05) is 18.2 Å². The van der Waals surface area contributed by atoms with Crippen molar-refractivity contribution >= 4 is 33.7 Å². The third-order valence-corrected chi connectivity index (χ3v) is 6.89. The molecule has 0 aliphatic heterocycles. The molecule has 1 fully saturated rings. The van der Waals surface area contributed by atoms with Gasteiger partial charge in [0.2, 0.25) is 0 Å². The van der Waals surface area contributed by atoms with E-state index in [1.54, 1.807) is 23.0 Å². The number of fused-ring (bicyclic) bond motifs is 2. The van der Waals surface area contributed by atoms with Crippen molar-refractivity contribution in [2.45, 2.75) is 31.7 Å². The first kappa shape index (κ1) is 22.0. The molecular weight excluding hydrogens is 461 g/mol. The summed E-state index contributed by atoms with van der Waals surface area (Å²) in [4.78, 5) is 28.8. The summed E-state index contributed by atoms with van der Waals surface area (Å²) < 4.78 is 17.8. The van der Waals surface area contributed by atoms with E-state index in [2.05, 4.69) is 19.9 Å². The van der Waals surface area contributed by atoms with Crippen LogP contribution in [0.5, 0.6) is 0 Å². The highest BCUT2D eigenvalue weighted by atomic mass is 19.1. The number of pyridine rings is 2. The maximum Gasteiger partial charge on any atom is 0.306 e. The zero-order chi connectivity index (χ0) is 24.8. The molecule has 1 aromatic carbocycles. The molecule has 0 unspecified atom stereocenters. The maximum atomic E-state index is 16.0. The fourth-order valence-electron chi connectivity index (χ4n) is 5.00. The van der Waals surface area contributed by atoms with Crippen LogP contribution in [0, 0.1) is 11.7 Å². The van der Waals surface area contributed by atoms with Crippen LogP contribution in [-0.2, 0) is 4.79 Å². The van der Waals surface area contributed by atoms with Crippen molar-refractivity contribution in [3.63, 3.8) is 0 Å². The fraction of sp³-hybridized carbons (Fsp3) is 0.231. The van der Waals surface area contributed by atoms with Crippen molar-refractivity contribution in [2.75, 3.05) is 5.73 Å². The van der Waals surface area contributed by atoms with Gasteiger partial charge >= 0.3 is 5.97 Å². The van der Waals surface area contributed by atoms with Gasteiger partial charge in [0, 0.05) is 17.1 Å². The molecule has 0 amide bonds. The fourth-order valence-corrected chi connectivity index (χ4v) is 5.00. The predicted molar refractivity (Wildman–Crippen MR) is 132 cm³/mol. The van der Waals surface area contributed by atoms with E-state index < -0.39 is 11.8 Å². The van der Waals surface area contributed by atoms with Gasteiger partial charge in [0.25, 0.3) is 0 Å². The van der Waals surface area contributed by atoms with Gasteiger partial charge in [-0.05, 0) is 49.9 Å². The average Bonchev–Trinajstić information content (AvgIpc) is 3.30. The second-order valence-electron chi connectivity index (χ2n) is 9.00. The molecule has 0 radical (unpaired) electrons. The number of hydrogen-bond donors (Lipinski definition) is 2. The third kappa shape index (κ3) is 3.62. The Balaban J connectivity index is 1.48. The molecule has 4 heterocycles. The van der Waals surface area contributed by atoms with Crippen molar-refractivity contribution in [3.8, 4) is 22.6 Å². The summed E-state index contributed by atoms with van der Waals surface area (Å²) in [5.74, 6) is -1.45. The lowest BCUT2D eigenvalue weighted by Crippen LogP contribution is -2.24. The molecule has 4 aromatic heterocycles. The highest BCUT2D eigenvalue weighted by molar-refractivity contribution is 6.00. The monoisotopic (exact) mass is 483 g/mol. The maximum absolute atomic E-state index is 16.0. The number of nitrogens with two attached hydrogens (primary N) is 1. The number of benzene rings is 1. The zero-order valence-electron chi connectivity index (χ0n) is 19.2. The Labute approximate surface area is 204 Å². The molecule has 6 rings (SSSR count). The molecule has 9 nitrogen and oxygen atoms in total. The number of aliphatic carboxylic acids is 1. The lowest BCUT2D eigenvalue weighted by molar-refractivity contribution is -0.143. The molecule has 0 saturated heterocycles. The van der Waals surface area contributed by atoms with E-state index >= 15 is 4.39 Å². The minimum atomic E-state index is -0.776. The van der Waals surface area contributed by atoms with Gasteiger partial charge in [0.1, 0.15) is 23.4 Å². The highest BCUT2D eigenvalue weighted by Crippen LogP contribution is 2.39. The number of nitrogen functional groups attached to an aromatic ring is 1. The number of carboxylic acid groups (broad SMARTS) is 1. The molecule has 1 aliphatic rings. The van der Waals surface area contributed by atoms with Gasteiger partial charge in [-0.25, -0.2) is 24.0 Å². The number of hydrogen-bond acceptors (Lipinski definition) is 7. The standard InChI is InChI=1S/C26H22FN7O2/c27-21-17(10-6-14-7-11-19(32-22(14)21)18-3-1-2-12-29-18)23-20-24(28)30-13-31-25(20)34(33-23)16-8-4-15(5-9-16)26(35)36/h1-3,6-7,10-13,15-16H,4-5,8-9H2,(H,35,36)(H2,28,30,31). The molecule has 1 saturated carbocycles. The van der Waals surface area contributed by atoms with Crippen molar-refractivity contribution in [1.29, 1.82) is 0 Å². The lowest BCUT2D eigenvalue weighted by Gasteiger charge is -2.26. The molecule has 0 atom stereocenters. The van der Waals surface area contributed by atoms with Crippen LogP contribution in [0.15, 0.2) is 55.0 Å². The summed E-state index contributed by atoms with van der Waals surface area (Å²) >= 11 is 0. The minimum absolute atomic E-state index is 0.0662. The summed E-state index contributed by atoms with van der Waals surface area (Å²) in [6.07, 6.45) is 5.38. The summed E-state index contributed by atoms with van der Waals surface area (Å²) in [6, 6.07) is 12.5.